The van der Waals surface area contributed by atoms with E-state index in [0.29, 0.717) is 17.2 Å². The van der Waals surface area contributed by atoms with E-state index in [-0.39, 0.29) is 18.2 Å². The Morgan fingerprint density at radius 2 is 1.22 bits per heavy atom. The van der Waals surface area contributed by atoms with Gasteiger partial charge in [-0.25, -0.2) is 9.59 Å². The fraction of sp³-hybridized carbons (Fsp3) is 0.419. The molecule has 0 bridgehead atoms. The molecule has 222 valence electrons. The number of hydrogen-bond donors (Lipinski definition) is 1. The lowest BCUT2D eigenvalue weighted by molar-refractivity contribution is -0.135. The van der Waals surface area contributed by atoms with E-state index >= 15 is 0 Å². The van der Waals surface area contributed by atoms with Crippen LogP contribution in [0.25, 0.3) is 12.2 Å². The van der Waals surface area contributed by atoms with Crippen LogP contribution in [0.5, 0.6) is 23.0 Å². The van der Waals surface area contributed by atoms with Gasteiger partial charge in [-0.3, -0.25) is 0 Å². The second-order valence-electron chi connectivity index (χ2n) is 9.93. The zero-order valence-corrected chi connectivity index (χ0v) is 24.4. The molecule has 4 rings (SSSR count). The lowest BCUT2D eigenvalue weighted by atomic mass is 10.2. The standard InChI is InChI=1S/C16H21NO4.C15H19NO4/c1-17-9-8-13(11-17)21-14-6-4-12(10-15(14)19-2)5-7-16(18)20-3;1-16-8-7-12(10-16)20-13-5-3-11(4-6-15(17)18)9-14(13)19-2/h4-7,10,13H,8-9,11H2,1-3H3;3-6,9,12H,7-8,10H2,1-2H3,(H,17,18)/b7-5+;6-4+. The Morgan fingerprint density at radius 1 is 0.756 bits per heavy atom. The van der Waals surface area contributed by atoms with Crippen molar-refractivity contribution >= 4 is 24.1 Å². The Labute approximate surface area is 241 Å². The number of ether oxygens (including phenoxy) is 5. The molecule has 0 radical (unpaired) electrons. The molecule has 2 saturated heterocycles. The van der Waals surface area contributed by atoms with E-state index in [1.165, 1.54) is 19.3 Å². The van der Waals surface area contributed by atoms with Crippen molar-refractivity contribution in [3.05, 3.63) is 59.7 Å². The minimum absolute atomic E-state index is 0.175. The van der Waals surface area contributed by atoms with Gasteiger partial charge < -0.3 is 38.6 Å². The average Bonchev–Trinajstić information content (AvgIpc) is 3.58. The molecule has 10 nitrogen and oxygen atoms in total. The van der Waals surface area contributed by atoms with E-state index in [2.05, 4.69) is 28.6 Å². The number of carboxylic acid groups (broad SMARTS) is 1. The molecular weight excluding hydrogens is 528 g/mol. The van der Waals surface area contributed by atoms with Crippen molar-refractivity contribution < 1.29 is 38.4 Å². The minimum Gasteiger partial charge on any atom is -0.493 e. The summed E-state index contributed by atoms with van der Waals surface area (Å²) in [6.45, 7) is 3.91. The number of likely N-dealkylation sites (N-methyl/N-ethyl adjacent to an activating group) is 2. The normalized spacial score (nSPS) is 19.1. The molecule has 1 N–H and O–H groups in total. The first-order valence-corrected chi connectivity index (χ1v) is 13.4. The predicted molar refractivity (Wildman–Crippen MR) is 157 cm³/mol. The van der Waals surface area contributed by atoms with Crippen molar-refractivity contribution in [1.29, 1.82) is 0 Å². The maximum Gasteiger partial charge on any atom is 0.330 e. The molecule has 10 heteroatoms. The van der Waals surface area contributed by atoms with Gasteiger partial charge in [0, 0.05) is 38.3 Å². The summed E-state index contributed by atoms with van der Waals surface area (Å²) in [5.74, 6) is 1.35. The van der Waals surface area contributed by atoms with Gasteiger partial charge in [-0.05, 0) is 74.5 Å². The minimum atomic E-state index is -0.974. The monoisotopic (exact) mass is 568 g/mol. The second-order valence-corrected chi connectivity index (χ2v) is 9.93. The van der Waals surface area contributed by atoms with Gasteiger partial charge in [-0.15, -0.1) is 0 Å². The van der Waals surface area contributed by atoms with Crippen LogP contribution in [0.1, 0.15) is 24.0 Å². The van der Waals surface area contributed by atoms with E-state index < -0.39 is 5.97 Å². The van der Waals surface area contributed by atoms with E-state index in [9.17, 15) is 9.59 Å². The van der Waals surface area contributed by atoms with E-state index in [1.54, 1.807) is 26.4 Å². The second kappa shape index (κ2) is 15.7. The van der Waals surface area contributed by atoms with Crippen LogP contribution in [0.3, 0.4) is 0 Å². The number of carbonyl (C=O) groups excluding carboxylic acids is 1. The largest absolute Gasteiger partial charge is 0.493 e. The van der Waals surface area contributed by atoms with Crippen molar-refractivity contribution in [2.24, 2.45) is 0 Å². The van der Waals surface area contributed by atoms with Crippen LogP contribution in [-0.2, 0) is 14.3 Å². The van der Waals surface area contributed by atoms with E-state index in [0.717, 1.165) is 62.0 Å². The quantitative estimate of drug-likeness (QED) is 0.336. The van der Waals surface area contributed by atoms with Crippen molar-refractivity contribution in [2.75, 3.05) is 61.6 Å². The lowest BCUT2D eigenvalue weighted by Gasteiger charge is -2.16. The molecule has 0 saturated carbocycles. The lowest BCUT2D eigenvalue weighted by Crippen LogP contribution is -2.21. The van der Waals surface area contributed by atoms with Gasteiger partial charge in [0.25, 0.3) is 0 Å². The number of aliphatic carboxylic acids is 1. The predicted octanol–water partition coefficient (Wildman–Crippen LogP) is 3.84. The number of rotatable bonds is 10. The van der Waals surface area contributed by atoms with E-state index in [1.807, 2.05) is 30.3 Å². The Hall–Kier alpha value is -4.02. The van der Waals surface area contributed by atoms with Crippen LogP contribution < -0.4 is 18.9 Å². The maximum atomic E-state index is 11.1. The smallest absolute Gasteiger partial charge is 0.330 e. The van der Waals surface area contributed by atoms with Gasteiger partial charge in [-0.1, -0.05) is 12.1 Å². The van der Waals surface area contributed by atoms with Gasteiger partial charge in [0.1, 0.15) is 12.2 Å². The molecule has 0 aromatic heterocycles. The molecule has 0 aliphatic carbocycles. The van der Waals surface area contributed by atoms with Gasteiger partial charge in [0.15, 0.2) is 23.0 Å². The van der Waals surface area contributed by atoms with Crippen LogP contribution >= 0.6 is 0 Å². The SMILES string of the molecule is COC(=O)/C=C/c1ccc(OC2CCN(C)C2)c(OC)c1.COc1cc(/C=C/C(=O)O)ccc1OC1CCN(C)C1. The van der Waals surface area contributed by atoms with Gasteiger partial charge >= 0.3 is 11.9 Å². The highest BCUT2D eigenvalue weighted by Gasteiger charge is 2.23. The summed E-state index contributed by atoms with van der Waals surface area (Å²) in [5, 5.41) is 8.62. The fourth-order valence-corrected chi connectivity index (χ4v) is 4.51. The van der Waals surface area contributed by atoms with Gasteiger partial charge in [-0.2, -0.15) is 0 Å². The third kappa shape index (κ3) is 10.1. The summed E-state index contributed by atoms with van der Waals surface area (Å²) < 4.78 is 27.2. The molecule has 0 spiro atoms. The Balaban J connectivity index is 0.000000226. The van der Waals surface area contributed by atoms with E-state index in [4.69, 9.17) is 24.1 Å². The van der Waals surface area contributed by atoms with Crippen LogP contribution in [0, 0.1) is 0 Å². The number of esters is 1. The number of methoxy groups -OCH3 is 3. The molecule has 2 unspecified atom stereocenters. The molecule has 2 aromatic carbocycles. The average molecular weight is 569 g/mol. The molecule has 2 fully saturated rings. The highest BCUT2D eigenvalue weighted by atomic mass is 16.5. The van der Waals surface area contributed by atoms with Gasteiger partial charge in [0.2, 0.25) is 0 Å². The summed E-state index contributed by atoms with van der Waals surface area (Å²) in [6.07, 6.45) is 8.07. The summed E-state index contributed by atoms with van der Waals surface area (Å²) in [4.78, 5) is 26.1. The maximum absolute atomic E-state index is 11.1. The summed E-state index contributed by atoms with van der Waals surface area (Å²) >= 11 is 0. The number of carboxylic acids is 1. The van der Waals surface area contributed by atoms with Crippen molar-refractivity contribution in [3.63, 3.8) is 0 Å². The molecule has 41 heavy (non-hydrogen) atoms. The Kier molecular flexibility index (Phi) is 12.1. The molecular formula is C31H40N2O8. The van der Waals surface area contributed by atoms with Crippen LogP contribution in [0.2, 0.25) is 0 Å². The fourth-order valence-electron chi connectivity index (χ4n) is 4.51. The van der Waals surface area contributed by atoms with Crippen LogP contribution in [0.4, 0.5) is 0 Å². The molecule has 2 aliphatic heterocycles. The zero-order valence-electron chi connectivity index (χ0n) is 24.4. The molecule has 2 heterocycles. The topological polar surface area (TPSA) is 107 Å². The number of likely N-dealkylation sites (tertiary alicyclic amines) is 2. The molecule has 2 aromatic rings. The number of nitrogens with zero attached hydrogens (tertiary/aromatic N) is 2. The molecule has 0 amide bonds. The van der Waals surface area contributed by atoms with Crippen LogP contribution in [0.15, 0.2) is 48.6 Å². The third-order valence-corrected chi connectivity index (χ3v) is 6.69. The highest BCUT2D eigenvalue weighted by molar-refractivity contribution is 5.87. The van der Waals surface area contributed by atoms with Crippen molar-refractivity contribution in [3.8, 4) is 23.0 Å². The van der Waals surface area contributed by atoms with Crippen molar-refractivity contribution in [2.45, 2.75) is 25.0 Å². The zero-order chi connectivity index (χ0) is 29.8. The highest BCUT2D eigenvalue weighted by Crippen LogP contribution is 2.32. The first kappa shape index (κ1) is 31.5. The number of benzene rings is 2. The summed E-state index contributed by atoms with van der Waals surface area (Å²) in [7, 11) is 8.69. The van der Waals surface area contributed by atoms with Crippen LogP contribution in [-0.4, -0.2) is 101 Å². The molecule has 2 atom stereocenters. The summed E-state index contributed by atoms with van der Waals surface area (Å²) in [6, 6.07) is 11.0. The Bertz CT molecular complexity index is 1230. The molecule has 2 aliphatic rings. The Morgan fingerprint density at radius 3 is 1.59 bits per heavy atom. The number of carbonyl (C=O) groups is 2. The summed E-state index contributed by atoms with van der Waals surface area (Å²) in [5.41, 5.74) is 1.62. The first-order valence-electron chi connectivity index (χ1n) is 13.4. The van der Waals surface area contributed by atoms with Gasteiger partial charge in [0.05, 0.1) is 21.3 Å². The number of hydrogen-bond acceptors (Lipinski definition) is 9. The third-order valence-electron chi connectivity index (χ3n) is 6.69. The first-order chi connectivity index (χ1) is 19.7. The van der Waals surface area contributed by atoms with Crippen molar-refractivity contribution in [1.82, 2.24) is 9.80 Å².